The summed E-state index contributed by atoms with van der Waals surface area (Å²) in [5, 5.41) is 0. The van der Waals surface area contributed by atoms with Crippen molar-refractivity contribution in [1.82, 2.24) is 4.57 Å². The van der Waals surface area contributed by atoms with E-state index in [0.717, 1.165) is 21.5 Å². The maximum absolute atomic E-state index is 12.7. The van der Waals surface area contributed by atoms with Gasteiger partial charge in [0.15, 0.2) is 16.3 Å². The highest BCUT2D eigenvalue weighted by Gasteiger charge is 2.18. The monoisotopic (exact) mass is 456 g/mol. The van der Waals surface area contributed by atoms with Gasteiger partial charge in [0, 0.05) is 12.1 Å². The van der Waals surface area contributed by atoms with Crippen LogP contribution in [0.25, 0.3) is 10.2 Å². The van der Waals surface area contributed by atoms with Gasteiger partial charge in [0.05, 0.1) is 29.9 Å². The molecule has 0 radical (unpaired) electrons. The molecule has 168 valence electrons. The lowest BCUT2D eigenvalue weighted by molar-refractivity contribution is -0.143. The minimum absolute atomic E-state index is 0.0529. The Morgan fingerprint density at radius 1 is 1.06 bits per heavy atom. The predicted molar refractivity (Wildman–Crippen MR) is 119 cm³/mol. The summed E-state index contributed by atoms with van der Waals surface area (Å²) in [5.74, 6) is 1.29. The Morgan fingerprint density at radius 2 is 1.78 bits per heavy atom. The summed E-state index contributed by atoms with van der Waals surface area (Å²) in [6.07, 6.45) is 0.142. The van der Waals surface area contributed by atoms with Crippen LogP contribution in [0.2, 0.25) is 0 Å². The van der Waals surface area contributed by atoms with Crippen LogP contribution in [-0.2, 0) is 27.3 Å². The molecular formula is C23H24N2O6S. The van der Waals surface area contributed by atoms with Gasteiger partial charge in [-0.3, -0.25) is 9.59 Å². The Labute approximate surface area is 189 Å². The van der Waals surface area contributed by atoms with Crippen LogP contribution in [-0.4, -0.2) is 42.9 Å². The van der Waals surface area contributed by atoms with Gasteiger partial charge in [-0.2, -0.15) is 4.99 Å². The average Bonchev–Trinajstić information content (AvgIpc) is 3.09. The van der Waals surface area contributed by atoms with Crippen LogP contribution < -0.4 is 19.0 Å². The Kier molecular flexibility index (Phi) is 6.75. The van der Waals surface area contributed by atoms with Gasteiger partial charge in [0.25, 0.3) is 5.91 Å². The fraction of sp³-hybridized carbons (Fsp3) is 0.348. The first-order valence-electron chi connectivity index (χ1n) is 10.4. The van der Waals surface area contributed by atoms with Gasteiger partial charge in [-0.1, -0.05) is 23.5 Å². The standard InChI is InChI=1S/C23H24N2O6S/c1-3-28-16-7-5-15(6-8-16)11-21(26)24-23-25(14-22(27)29-4-2)17-12-18-19(13-20(17)32-23)31-10-9-30-18/h5-8,12-13H,3-4,9-11,14H2,1-2H3. The van der Waals surface area contributed by atoms with Crippen molar-refractivity contribution in [2.45, 2.75) is 26.8 Å². The number of amides is 1. The number of rotatable bonds is 7. The number of esters is 1. The zero-order valence-electron chi connectivity index (χ0n) is 18.0. The number of ether oxygens (including phenoxy) is 4. The number of benzene rings is 2. The second kappa shape index (κ2) is 9.86. The molecule has 0 N–H and O–H groups in total. The van der Waals surface area contributed by atoms with Crippen LogP contribution in [0, 0.1) is 0 Å². The van der Waals surface area contributed by atoms with Crippen LogP contribution in [0.15, 0.2) is 41.4 Å². The molecule has 0 saturated carbocycles. The molecule has 0 unspecified atom stereocenters. The van der Waals surface area contributed by atoms with E-state index >= 15 is 0 Å². The second-order valence-electron chi connectivity index (χ2n) is 7.00. The van der Waals surface area contributed by atoms with Crippen molar-refractivity contribution < 1.29 is 28.5 Å². The molecule has 0 saturated heterocycles. The normalized spacial score (nSPS) is 13.2. The molecule has 0 bridgehead atoms. The van der Waals surface area contributed by atoms with Crippen molar-refractivity contribution in [3.8, 4) is 17.2 Å². The molecule has 0 atom stereocenters. The molecule has 2 aromatic carbocycles. The van der Waals surface area contributed by atoms with Crippen LogP contribution in [0.4, 0.5) is 0 Å². The lowest BCUT2D eigenvalue weighted by atomic mass is 10.1. The Hall–Kier alpha value is -3.33. The van der Waals surface area contributed by atoms with E-state index in [9.17, 15) is 9.59 Å². The van der Waals surface area contributed by atoms with Gasteiger partial charge in [0.1, 0.15) is 25.5 Å². The predicted octanol–water partition coefficient (Wildman–Crippen LogP) is 3.11. The number of carbonyl (C=O) groups is 2. The fourth-order valence-corrected chi connectivity index (χ4v) is 4.43. The number of carbonyl (C=O) groups excluding carboxylic acids is 2. The van der Waals surface area contributed by atoms with Crippen molar-refractivity contribution in [2.75, 3.05) is 26.4 Å². The Bertz CT molecular complexity index is 1200. The van der Waals surface area contributed by atoms with Crippen molar-refractivity contribution in [3.63, 3.8) is 0 Å². The van der Waals surface area contributed by atoms with Gasteiger partial charge in [-0.05, 0) is 31.5 Å². The molecule has 8 nitrogen and oxygen atoms in total. The minimum Gasteiger partial charge on any atom is -0.494 e. The highest BCUT2D eigenvalue weighted by atomic mass is 32.1. The summed E-state index contributed by atoms with van der Waals surface area (Å²) >= 11 is 1.32. The minimum atomic E-state index is -0.400. The molecule has 1 aromatic heterocycles. The fourth-order valence-electron chi connectivity index (χ4n) is 3.37. The largest absolute Gasteiger partial charge is 0.494 e. The molecule has 9 heteroatoms. The summed E-state index contributed by atoms with van der Waals surface area (Å²) in [4.78, 5) is 29.7. The Morgan fingerprint density at radius 3 is 2.47 bits per heavy atom. The number of nitrogens with zero attached hydrogens (tertiary/aromatic N) is 2. The first-order valence-corrected chi connectivity index (χ1v) is 11.3. The number of thiazole rings is 1. The summed E-state index contributed by atoms with van der Waals surface area (Å²) in [7, 11) is 0. The highest BCUT2D eigenvalue weighted by molar-refractivity contribution is 7.16. The van der Waals surface area contributed by atoms with E-state index in [1.54, 1.807) is 11.5 Å². The molecule has 2 heterocycles. The number of aromatic nitrogens is 1. The van der Waals surface area contributed by atoms with E-state index in [4.69, 9.17) is 18.9 Å². The first-order chi connectivity index (χ1) is 15.6. The molecule has 0 spiro atoms. The molecule has 0 aliphatic carbocycles. The van der Waals surface area contributed by atoms with Crippen molar-refractivity contribution in [3.05, 3.63) is 46.8 Å². The van der Waals surface area contributed by atoms with Crippen molar-refractivity contribution in [2.24, 2.45) is 4.99 Å². The van der Waals surface area contributed by atoms with Crippen molar-refractivity contribution >= 4 is 33.4 Å². The Balaban J connectivity index is 1.68. The molecule has 1 aliphatic rings. The van der Waals surface area contributed by atoms with E-state index in [1.165, 1.54) is 11.3 Å². The average molecular weight is 457 g/mol. The van der Waals surface area contributed by atoms with E-state index in [2.05, 4.69) is 4.99 Å². The first kappa shape index (κ1) is 21.9. The SMILES string of the molecule is CCOC(=O)Cn1c(=NC(=O)Cc2ccc(OCC)cc2)sc2cc3c(cc21)OCCO3. The summed E-state index contributed by atoms with van der Waals surface area (Å²) in [6.45, 7) is 5.41. The maximum atomic E-state index is 12.7. The van der Waals surface area contributed by atoms with E-state index in [1.807, 2.05) is 43.3 Å². The number of hydrogen-bond donors (Lipinski definition) is 0. The maximum Gasteiger partial charge on any atom is 0.326 e. The third-order valence-corrected chi connectivity index (χ3v) is 5.79. The van der Waals surface area contributed by atoms with Gasteiger partial charge < -0.3 is 23.5 Å². The molecule has 1 aliphatic heterocycles. The third-order valence-electron chi connectivity index (χ3n) is 4.75. The third kappa shape index (κ3) is 4.94. The second-order valence-corrected chi connectivity index (χ2v) is 8.01. The van der Waals surface area contributed by atoms with Crippen LogP contribution >= 0.6 is 11.3 Å². The van der Waals surface area contributed by atoms with E-state index in [0.29, 0.717) is 36.1 Å². The molecule has 3 aromatic rings. The summed E-state index contributed by atoms with van der Waals surface area (Å²) < 4.78 is 24.4. The van der Waals surface area contributed by atoms with E-state index < -0.39 is 5.97 Å². The lowest BCUT2D eigenvalue weighted by Gasteiger charge is -2.18. The summed E-state index contributed by atoms with van der Waals surface area (Å²) in [6, 6.07) is 11.0. The number of fused-ring (bicyclic) bond motifs is 2. The van der Waals surface area contributed by atoms with Gasteiger partial charge >= 0.3 is 5.97 Å². The topological polar surface area (TPSA) is 88.4 Å². The van der Waals surface area contributed by atoms with Gasteiger partial charge in [-0.15, -0.1) is 0 Å². The van der Waals surface area contributed by atoms with Gasteiger partial charge in [-0.25, -0.2) is 0 Å². The smallest absolute Gasteiger partial charge is 0.326 e. The zero-order valence-corrected chi connectivity index (χ0v) is 18.8. The highest BCUT2D eigenvalue weighted by Crippen LogP contribution is 2.35. The van der Waals surface area contributed by atoms with Crippen LogP contribution in [0.3, 0.4) is 0 Å². The zero-order chi connectivity index (χ0) is 22.5. The molecule has 32 heavy (non-hydrogen) atoms. The lowest BCUT2D eigenvalue weighted by Crippen LogP contribution is -2.23. The summed E-state index contributed by atoms with van der Waals surface area (Å²) in [5.41, 5.74) is 1.57. The van der Waals surface area contributed by atoms with Crippen molar-refractivity contribution in [1.29, 1.82) is 0 Å². The molecule has 4 rings (SSSR count). The number of hydrogen-bond acceptors (Lipinski definition) is 7. The van der Waals surface area contributed by atoms with E-state index in [-0.39, 0.29) is 25.5 Å². The van der Waals surface area contributed by atoms with Crippen LogP contribution in [0.5, 0.6) is 17.2 Å². The van der Waals surface area contributed by atoms with Crippen LogP contribution in [0.1, 0.15) is 19.4 Å². The quantitative estimate of drug-likeness (QED) is 0.508. The molecule has 1 amide bonds. The molecule has 0 fully saturated rings. The van der Waals surface area contributed by atoms with Gasteiger partial charge in [0.2, 0.25) is 0 Å². The molecular weight excluding hydrogens is 432 g/mol.